The van der Waals surface area contributed by atoms with E-state index < -0.39 is 0 Å². The molecule has 1 N–H and O–H groups in total. The molecule has 0 saturated carbocycles. The summed E-state index contributed by atoms with van der Waals surface area (Å²) in [7, 11) is 0. The number of rotatable bonds is 7. The molecule has 0 spiro atoms. The molecule has 1 fully saturated rings. The molecular weight excluding hydrogens is 256 g/mol. The first-order valence-electron chi connectivity index (χ1n) is 7.55. The molecule has 0 aliphatic carbocycles. The molecule has 5 heteroatoms. The standard InChI is InChI=1S/C14H26N4S/c1-3-7-13-14(19-17-16-13)10-15-12(2)11-18-8-5-4-6-9-18/h12,15H,3-11H2,1-2H3. The predicted octanol–water partition coefficient (Wildman–Crippen LogP) is 2.45. The van der Waals surface area contributed by atoms with Gasteiger partial charge in [0.25, 0.3) is 0 Å². The van der Waals surface area contributed by atoms with Gasteiger partial charge in [0.15, 0.2) is 0 Å². The number of nitrogens with zero attached hydrogens (tertiary/aromatic N) is 3. The van der Waals surface area contributed by atoms with Gasteiger partial charge >= 0.3 is 0 Å². The molecule has 1 unspecified atom stereocenters. The van der Waals surface area contributed by atoms with E-state index in [2.05, 4.69) is 33.7 Å². The minimum atomic E-state index is 0.537. The molecule has 0 bridgehead atoms. The van der Waals surface area contributed by atoms with E-state index in [1.807, 2.05) is 0 Å². The quantitative estimate of drug-likeness (QED) is 0.834. The number of hydrogen-bond acceptors (Lipinski definition) is 5. The topological polar surface area (TPSA) is 41.1 Å². The van der Waals surface area contributed by atoms with Gasteiger partial charge in [-0.15, -0.1) is 5.10 Å². The third-order valence-corrected chi connectivity index (χ3v) is 4.48. The van der Waals surface area contributed by atoms with Crippen LogP contribution >= 0.6 is 11.5 Å². The average Bonchev–Trinajstić information content (AvgIpc) is 2.85. The lowest BCUT2D eigenvalue weighted by Crippen LogP contribution is -2.41. The summed E-state index contributed by atoms with van der Waals surface area (Å²) in [6, 6.07) is 0.537. The molecule has 1 aliphatic heterocycles. The molecule has 2 rings (SSSR count). The lowest BCUT2D eigenvalue weighted by Gasteiger charge is -2.29. The summed E-state index contributed by atoms with van der Waals surface area (Å²) in [5.74, 6) is 0. The monoisotopic (exact) mass is 282 g/mol. The van der Waals surface area contributed by atoms with Crippen LogP contribution in [0.1, 0.15) is 50.1 Å². The van der Waals surface area contributed by atoms with Crippen molar-refractivity contribution in [3.63, 3.8) is 0 Å². The van der Waals surface area contributed by atoms with Gasteiger partial charge in [-0.2, -0.15) is 0 Å². The fraction of sp³-hybridized carbons (Fsp3) is 0.857. The van der Waals surface area contributed by atoms with Gasteiger partial charge in [-0.05, 0) is 50.8 Å². The highest BCUT2D eigenvalue weighted by molar-refractivity contribution is 7.05. The van der Waals surface area contributed by atoms with E-state index in [0.29, 0.717) is 6.04 Å². The van der Waals surface area contributed by atoms with Crippen LogP contribution in [-0.4, -0.2) is 40.2 Å². The van der Waals surface area contributed by atoms with Crippen molar-refractivity contribution in [1.29, 1.82) is 0 Å². The van der Waals surface area contributed by atoms with Gasteiger partial charge in [0, 0.05) is 19.1 Å². The first kappa shape index (κ1) is 14.9. The van der Waals surface area contributed by atoms with Crippen LogP contribution in [0.4, 0.5) is 0 Å². The Morgan fingerprint density at radius 2 is 2.11 bits per heavy atom. The maximum atomic E-state index is 4.22. The minimum absolute atomic E-state index is 0.537. The highest BCUT2D eigenvalue weighted by atomic mass is 32.1. The molecule has 0 amide bonds. The maximum absolute atomic E-state index is 4.22. The second-order valence-electron chi connectivity index (χ2n) is 5.54. The molecule has 0 aromatic carbocycles. The van der Waals surface area contributed by atoms with E-state index in [1.54, 1.807) is 11.5 Å². The number of hydrogen-bond donors (Lipinski definition) is 1. The Hall–Kier alpha value is -0.520. The van der Waals surface area contributed by atoms with Crippen LogP contribution in [0.2, 0.25) is 0 Å². The van der Waals surface area contributed by atoms with Crippen LogP contribution in [0.25, 0.3) is 0 Å². The lowest BCUT2D eigenvalue weighted by atomic mass is 10.1. The van der Waals surface area contributed by atoms with Crippen molar-refractivity contribution in [2.45, 2.75) is 58.5 Å². The van der Waals surface area contributed by atoms with Crippen molar-refractivity contribution < 1.29 is 0 Å². The second-order valence-corrected chi connectivity index (χ2v) is 6.37. The van der Waals surface area contributed by atoms with Gasteiger partial charge in [-0.25, -0.2) is 0 Å². The van der Waals surface area contributed by atoms with Gasteiger partial charge in [0.05, 0.1) is 10.6 Å². The summed E-state index contributed by atoms with van der Waals surface area (Å²) in [6.07, 6.45) is 6.33. The fourth-order valence-corrected chi connectivity index (χ4v) is 3.28. The number of likely N-dealkylation sites (tertiary alicyclic amines) is 1. The van der Waals surface area contributed by atoms with Crippen LogP contribution in [0.15, 0.2) is 0 Å². The van der Waals surface area contributed by atoms with Crippen LogP contribution in [0.5, 0.6) is 0 Å². The Bertz CT molecular complexity index is 360. The van der Waals surface area contributed by atoms with Crippen molar-refractivity contribution in [1.82, 2.24) is 19.8 Å². The van der Waals surface area contributed by atoms with E-state index in [4.69, 9.17) is 0 Å². The van der Waals surface area contributed by atoms with Crippen molar-refractivity contribution in [2.75, 3.05) is 19.6 Å². The third kappa shape index (κ3) is 4.82. The Labute approximate surface area is 120 Å². The summed E-state index contributed by atoms with van der Waals surface area (Å²) >= 11 is 1.54. The summed E-state index contributed by atoms with van der Waals surface area (Å²) in [5, 5.41) is 7.84. The molecule has 0 radical (unpaired) electrons. The molecule has 1 saturated heterocycles. The number of aromatic nitrogens is 2. The van der Waals surface area contributed by atoms with Crippen molar-refractivity contribution >= 4 is 11.5 Å². The van der Waals surface area contributed by atoms with Crippen LogP contribution < -0.4 is 5.32 Å². The van der Waals surface area contributed by atoms with Gasteiger partial charge < -0.3 is 10.2 Å². The van der Waals surface area contributed by atoms with Gasteiger partial charge in [-0.1, -0.05) is 24.3 Å². The van der Waals surface area contributed by atoms with E-state index in [0.717, 1.165) is 25.9 Å². The summed E-state index contributed by atoms with van der Waals surface area (Å²) in [6.45, 7) is 9.10. The third-order valence-electron chi connectivity index (χ3n) is 3.71. The zero-order chi connectivity index (χ0) is 13.5. The van der Waals surface area contributed by atoms with Crippen LogP contribution in [0.3, 0.4) is 0 Å². The molecule has 1 aromatic rings. The van der Waals surface area contributed by atoms with E-state index in [-0.39, 0.29) is 0 Å². The highest BCUT2D eigenvalue weighted by Crippen LogP contribution is 2.13. The average molecular weight is 282 g/mol. The summed E-state index contributed by atoms with van der Waals surface area (Å²) in [4.78, 5) is 3.89. The van der Waals surface area contributed by atoms with E-state index in [9.17, 15) is 0 Å². The Kier molecular flexibility index (Phi) is 6.20. The van der Waals surface area contributed by atoms with Crippen LogP contribution in [-0.2, 0) is 13.0 Å². The molecule has 19 heavy (non-hydrogen) atoms. The predicted molar refractivity (Wildman–Crippen MR) is 80.5 cm³/mol. The van der Waals surface area contributed by atoms with Gasteiger partial charge in [-0.3, -0.25) is 0 Å². The first-order valence-corrected chi connectivity index (χ1v) is 8.32. The van der Waals surface area contributed by atoms with Gasteiger partial charge in [0.1, 0.15) is 0 Å². The molecule has 1 aliphatic rings. The molecule has 108 valence electrons. The second kappa shape index (κ2) is 7.92. The highest BCUT2D eigenvalue weighted by Gasteiger charge is 2.14. The normalized spacial score (nSPS) is 18.6. The summed E-state index contributed by atoms with van der Waals surface area (Å²) in [5.41, 5.74) is 1.19. The van der Waals surface area contributed by atoms with E-state index in [1.165, 1.54) is 42.9 Å². The van der Waals surface area contributed by atoms with Crippen molar-refractivity contribution in [3.8, 4) is 0 Å². The SMILES string of the molecule is CCCc1nnsc1CNC(C)CN1CCCCC1. The van der Waals surface area contributed by atoms with E-state index >= 15 is 0 Å². The van der Waals surface area contributed by atoms with Crippen molar-refractivity contribution in [3.05, 3.63) is 10.6 Å². The van der Waals surface area contributed by atoms with Crippen LogP contribution in [0, 0.1) is 0 Å². The molecule has 4 nitrogen and oxygen atoms in total. The summed E-state index contributed by atoms with van der Waals surface area (Å²) < 4.78 is 4.08. The largest absolute Gasteiger partial charge is 0.308 e. The van der Waals surface area contributed by atoms with Crippen molar-refractivity contribution in [2.24, 2.45) is 0 Å². The fourth-order valence-electron chi connectivity index (χ4n) is 2.65. The molecular formula is C14H26N4S. The lowest BCUT2D eigenvalue weighted by molar-refractivity contribution is 0.209. The Balaban J connectivity index is 1.72. The molecule has 1 aromatic heterocycles. The molecule has 2 heterocycles. The zero-order valence-electron chi connectivity index (χ0n) is 12.2. The van der Waals surface area contributed by atoms with Gasteiger partial charge in [0.2, 0.25) is 0 Å². The number of aryl methyl sites for hydroxylation is 1. The minimum Gasteiger partial charge on any atom is -0.308 e. The maximum Gasteiger partial charge on any atom is 0.0800 e. The number of piperidine rings is 1. The number of nitrogens with one attached hydrogen (secondary N) is 1. The Morgan fingerprint density at radius 1 is 1.32 bits per heavy atom. The smallest absolute Gasteiger partial charge is 0.0800 e. The first-order chi connectivity index (χ1) is 9.29. The Morgan fingerprint density at radius 3 is 2.84 bits per heavy atom. The molecule has 1 atom stereocenters. The zero-order valence-corrected chi connectivity index (χ0v) is 13.0.